The summed E-state index contributed by atoms with van der Waals surface area (Å²) in [5.74, 6) is -0.689. The predicted octanol–water partition coefficient (Wildman–Crippen LogP) is 3.67. The zero-order valence-corrected chi connectivity index (χ0v) is 19.7. The van der Waals surface area contributed by atoms with Crippen LogP contribution in [-0.4, -0.2) is 27.4 Å². The summed E-state index contributed by atoms with van der Waals surface area (Å²) in [6, 6.07) is 17.9. The maximum Gasteiger partial charge on any atom is 0.255 e. The van der Waals surface area contributed by atoms with E-state index in [1.54, 1.807) is 40.9 Å². The van der Waals surface area contributed by atoms with Crippen LogP contribution in [0.15, 0.2) is 77.9 Å². The lowest BCUT2D eigenvalue weighted by Crippen LogP contribution is -2.24. The second kappa shape index (κ2) is 10.9. The van der Waals surface area contributed by atoms with Crippen LogP contribution in [0.2, 0.25) is 0 Å². The van der Waals surface area contributed by atoms with Gasteiger partial charge in [-0.2, -0.15) is 5.10 Å². The van der Waals surface area contributed by atoms with E-state index in [4.69, 9.17) is 4.74 Å². The maximum atomic E-state index is 14.1. The van der Waals surface area contributed by atoms with Crippen LogP contribution in [0.1, 0.15) is 38.3 Å². The molecule has 180 valence electrons. The molecule has 4 rings (SSSR count). The molecule has 0 fully saturated rings. The molecule has 1 N–H and O–H groups in total. The molecule has 0 unspecified atom stereocenters. The van der Waals surface area contributed by atoms with E-state index in [1.807, 2.05) is 43.3 Å². The molecule has 0 spiro atoms. The van der Waals surface area contributed by atoms with Crippen LogP contribution in [-0.2, 0) is 31.0 Å². The smallest absolute Gasteiger partial charge is 0.255 e. The predicted molar refractivity (Wildman–Crippen MR) is 131 cm³/mol. The molecule has 2 aromatic carbocycles. The van der Waals surface area contributed by atoms with Gasteiger partial charge in [-0.25, -0.2) is 4.39 Å². The van der Waals surface area contributed by atoms with Crippen LogP contribution in [0.5, 0.6) is 0 Å². The number of nitrogens with zero attached hydrogens (tertiary/aromatic N) is 3. The van der Waals surface area contributed by atoms with Crippen molar-refractivity contribution in [3.8, 4) is 0 Å². The molecular weight excluding hydrogens is 447 g/mol. The zero-order chi connectivity index (χ0) is 24.8. The summed E-state index contributed by atoms with van der Waals surface area (Å²) in [4.78, 5) is 24.8. The third kappa shape index (κ3) is 6.10. The van der Waals surface area contributed by atoms with Crippen molar-refractivity contribution in [2.75, 3.05) is 7.11 Å². The number of amides is 1. The van der Waals surface area contributed by atoms with E-state index in [0.717, 1.165) is 16.7 Å². The average Bonchev–Trinajstić information content (AvgIpc) is 3.23. The number of methoxy groups -OCH3 is 1. The van der Waals surface area contributed by atoms with Gasteiger partial charge < -0.3 is 14.6 Å². The lowest BCUT2D eigenvalue weighted by atomic mass is 10.1. The molecule has 35 heavy (non-hydrogen) atoms. The standard InChI is InChI=1S/C27H27FN4O3/c1-19-6-11-22(24(28)13-19)14-29-27(34)23-17-32(30-25(23)18-35-2)16-21-9-7-20(8-10-21)15-31-12-4-3-5-26(31)33/h3-13,17H,14-16,18H2,1-2H3,(H,29,34). The van der Waals surface area contributed by atoms with Gasteiger partial charge in [-0.3, -0.25) is 14.3 Å². The van der Waals surface area contributed by atoms with Gasteiger partial charge in [0.05, 0.1) is 25.3 Å². The summed E-state index contributed by atoms with van der Waals surface area (Å²) in [6.07, 6.45) is 3.43. The minimum absolute atomic E-state index is 0.0466. The summed E-state index contributed by atoms with van der Waals surface area (Å²) in [7, 11) is 1.54. The second-order valence-corrected chi connectivity index (χ2v) is 8.38. The Balaban J connectivity index is 1.44. The number of aryl methyl sites for hydroxylation is 1. The van der Waals surface area contributed by atoms with Gasteiger partial charge in [-0.1, -0.05) is 42.5 Å². The highest BCUT2D eigenvalue weighted by Gasteiger charge is 2.17. The number of halogens is 1. The van der Waals surface area contributed by atoms with Gasteiger partial charge in [0, 0.05) is 37.7 Å². The molecule has 0 atom stereocenters. The van der Waals surface area contributed by atoms with Gasteiger partial charge in [0.1, 0.15) is 11.5 Å². The molecule has 0 saturated carbocycles. The lowest BCUT2D eigenvalue weighted by molar-refractivity contribution is 0.0945. The SMILES string of the molecule is COCc1nn(Cc2ccc(Cn3ccccc3=O)cc2)cc1C(=O)NCc1ccc(C)cc1F. The molecule has 0 bridgehead atoms. The molecule has 2 aromatic heterocycles. The zero-order valence-electron chi connectivity index (χ0n) is 19.7. The Kier molecular flexibility index (Phi) is 7.52. The molecule has 1 amide bonds. The first-order chi connectivity index (χ1) is 16.9. The fourth-order valence-corrected chi connectivity index (χ4v) is 3.77. The number of nitrogens with one attached hydrogen (secondary N) is 1. The highest BCUT2D eigenvalue weighted by molar-refractivity contribution is 5.95. The summed E-state index contributed by atoms with van der Waals surface area (Å²) in [6.45, 7) is 3.02. The van der Waals surface area contributed by atoms with Crippen LogP contribution >= 0.6 is 0 Å². The Morgan fingerprint density at radius 1 is 1.06 bits per heavy atom. The molecule has 0 saturated heterocycles. The number of aromatic nitrogens is 3. The number of rotatable bonds is 9. The summed E-state index contributed by atoms with van der Waals surface area (Å²) < 4.78 is 22.7. The number of hydrogen-bond acceptors (Lipinski definition) is 4. The third-order valence-corrected chi connectivity index (χ3v) is 5.63. The Bertz CT molecular complexity index is 1380. The van der Waals surface area contributed by atoms with E-state index in [2.05, 4.69) is 10.4 Å². The number of carbonyl (C=O) groups is 1. The van der Waals surface area contributed by atoms with Gasteiger partial charge in [0.25, 0.3) is 11.5 Å². The van der Waals surface area contributed by atoms with Crippen molar-refractivity contribution in [3.05, 3.63) is 123 Å². The minimum Gasteiger partial charge on any atom is -0.378 e. The van der Waals surface area contributed by atoms with E-state index in [0.29, 0.717) is 29.9 Å². The van der Waals surface area contributed by atoms with Gasteiger partial charge >= 0.3 is 0 Å². The second-order valence-electron chi connectivity index (χ2n) is 8.38. The molecule has 0 aliphatic carbocycles. The van der Waals surface area contributed by atoms with Crippen molar-refractivity contribution in [1.82, 2.24) is 19.7 Å². The molecule has 2 heterocycles. The van der Waals surface area contributed by atoms with Gasteiger partial charge in [-0.05, 0) is 35.7 Å². The average molecular weight is 475 g/mol. The van der Waals surface area contributed by atoms with E-state index in [1.165, 1.54) is 12.1 Å². The quantitative estimate of drug-likeness (QED) is 0.402. The van der Waals surface area contributed by atoms with E-state index in [9.17, 15) is 14.0 Å². The minimum atomic E-state index is -0.348. The van der Waals surface area contributed by atoms with Crippen molar-refractivity contribution in [1.29, 1.82) is 0 Å². The highest BCUT2D eigenvalue weighted by Crippen LogP contribution is 2.14. The molecule has 0 radical (unpaired) electrons. The first-order valence-corrected chi connectivity index (χ1v) is 11.2. The van der Waals surface area contributed by atoms with Gasteiger partial charge in [0.15, 0.2) is 0 Å². The molecule has 0 aliphatic rings. The molecule has 0 aliphatic heterocycles. The van der Waals surface area contributed by atoms with Crippen LogP contribution < -0.4 is 10.9 Å². The van der Waals surface area contributed by atoms with Crippen LogP contribution in [0.25, 0.3) is 0 Å². The molecule has 4 aromatic rings. The van der Waals surface area contributed by atoms with Crippen molar-refractivity contribution in [3.63, 3.8) is 0 Å². The Labute approximate surface area is 202 Å². The van der Waals surface area contributed by atoms with Gasteiger partial charge in [0.2, 0.25) is 0 Å². The van der Waals surface area contributed by atoms with E-state index >= 15 is 0 Å². The highest BCUT2D eigenvalue weighted by atomic mass is 19.1. The van der Waals surface area contributed by atoms with Crippen molar-refractivity contribution >= 4 is 5.91 Å². The lowest BCUT2D eigenvalue weighted by Gasteiger charge is -2.07. The monoisotopic (exact) mass is 474 g/mol. The fraction of sp³-hybridized carbons (Fsp3) is 0.222. The number of hydrogen-bond donors (Lipinski definition) is 1. The molecule has 7 nitrogen and oxygen atoms in total. The van der Waals surface area contributed by atoms with Crippen LogP contribution in [0.4, 0.5) is 4.39 Å². The fourth-order valence-electron chi connectivity index (χ4n) is 3.77. The van der Waals surface area contributed by atoms with E-state index in [-0.39, 0.29) is 30.4 Å². The van der Waals surface area contributed by atoms with Crippen molar-refractivity contribution in [2.24, 2.45) is 0 Å². The summed E-state index contributed by atoms with van der Waals surface area (Å²) >= 11 is 0. The van der Waals surface area contributed by atoms with E-state index < -0.39 is 0 Å². The van der Waals surface area contributed by atoms with Crippen LogP contribution in [0, 0.1) is 12.7 Å². The number of benzene rings is 2. The summed E-state index contributed by atoms with van der Waals surface area (Å²) in [5, 5.41) is 7.28. The maximum absolute atomic E-state index is 14.1. The Morgan fingerprint density at radius 2 is 1.80 bits per heavy atom. The van der Waals surface area contributed by atoms with Crippen molar-refractivity contribution in [2.45, 2.75) is 33.2 Å². The first kappa shape index (κ1) is 24.1. The third-order valence-electron chi connectivity index (χ3n) is 5.63. The number of carbonyl (C=O) groups excluding carboxylic acids is 1. The van der Waals surface area contributed by atoms with Gasteiger partial charge in [-0.15, -0.1) is 0 Å². The Morgan fingerprint density at radius 3 is 2.49 bits per heavy atom. The largest absolute Gasteiger partial charge is 0.378 e. The normalized spacial score (nSPS) is 10.9. The number of pyridine rings is 1. The molecule has 8 heteroatoms. The topological polar surface area (TPSA) is 78.2 Å². The van der Waals surface area contributed by atoms with Crippen LogP contribution in [0.3, 0.4) is 0 Å². The number of ether oxygens (including phenoxy) is 1. The first-order valence-electron chi connectivity index (χ1n) is 11.2. The Hall–Kier alpha value is -4.04. The molecular formula is C27H27FN4O3. The van der Waals surface area contributed by atoms with Crippen molar-refractivity contribution < 1.29 is 13.9 Å². The summed E-state index contributed by atoms with van der Waals surface area (Å²) in [5.41, 5.74) is 4.09.